The maximum Gasteiger partial charge on any atom is 0.161 e. The molecule has 2 atom stereocenters. The lowest BCUT2D eigenvalue weighted by Crippen LogP contribution is -2.34. The van der Waals surface area contributed by atoms with Crippen LogP contribution in [0.25, 0.3) is 0 Å². The first-order valence-corrected chi connectivity index (χ1v) is 5.56. The molecule has 0 bridgehead atoms. The van der Waals surface area contributed by atoms with Crippen LogP contribution in [-0.2, 0) is 9.59 Å². The summed E-state index contributed by atoms with van der Waals surface area (Å²) in [5.74, 6) is -0.409. The summed E-state index contributed by atoms with van der Waals surface area (Å²) in [5.41, 5.74) is -0.386. The quantitative estimate of drug-likeness (QED) is 0.772. The number of hydrogen-bond acceptors (Lipinski definition) is 3. The summed E-state index contributed by atoms with van der Waals surface area (Å²) >= 11 is 0. The Kier molecular flexibility index (Phi) is 3.66. The molecule has 15 heavy (non-hydrogen) atoms. The van der Waals surface area contributed by atoms with E-state index in [2.05, 4.69) is 0 Å². The van der Waals surface area contributed by atoms with Crippen LogP contribution in [-0.4, -0.2) is 23.3 Å². The van der Waals surface area contributed by atoms with E-state index in [9.17, 15) is 9.59 Å². The molecule has 1 rings (SSSR count). The number of aliphatic hydroxyl groups excluding tert-OH is 1. The lowest BCUT2D eigenvalue weighted by molar-refractivity contribution is -0.137. The molecular formula is C12H20O3. The van der Waals surface area contributed by atoms with Gasteiger partial charge in [-0.2, -0.15) is 0 Å². The molecule has 1 aliphatic carbocycles. The zero-order valence-electron chi connectivity index (χ0n) is 9.75. The second-order valence-electron chi connectivity index (χ2n) is 5.38. The molecule has 1 aliphatic rings. The zero-order chi connectivity index (χ0) is 11.6. The van der Waals surface area contributed by atoms with E-state index in [0.717, 1.165) is 19.3 Å². The minimum Gasteiger partial charge on any atom is -0.389 e. The Bertz CT molecular complexity index is 263. The summed E-state index contributed by atoms with van der Waals surface area (Å²) in [7, 11) is 0. The fourth-order valence-corrected chi connectivity index (χ4v) is 2.33. The summed E-state index contributed by atoms with van der Waals surface area (Å²) in [6, 6.07) is 0. The van der Waals surface area contributed by atoms with Crippen molar-refractivity contribution in [1.29, 1.82) is 0 Å². The van der Waals surface area contributed by atoms with Crippen molar-refractivity contribution in [2.45, 2.75) is 40.0 Å². The van der Waals surface area contributed by atoms with Gasteiger partial charge < -0.3 is 5.11 Å². The topological polar surface area (TPSA) is 54.4 Å². The predicted molar refractivity (Wildman–Crippen MR) is 57.4 cm³/mol. The van der Waals surface area contributed by atoms with Crippen molar-refractivity contribution in [2.24, 2.45) is 17.3 Å². The highest BCUT2D eigenvalue weighted by molar-refractivity contribution is 5.93. The minimum atomic E-state index is -0.432. The van der Waals surface area contributed by atoms with Gasteiger partial charge in [-0.3, -0.25) is 9.59 Å². The van der Waals surface area contributed by atoms with Crippen molar-refractivity contribution in [3.8, 4) is 0 Å². The molecule has 0 radical (unpaired) electrons. The van der Waals surface area contributed by atoms with Gasteiger partial charge in [0.1, 0.15) is 12.4 Å². The highest BCUT2D eigenvalue weighted by Crippen LogP contribution is 2.37. The van der Waals surface area contributed by atoms with Crippen LogP contribution >= 0.6 is 0 Å². The first-order chi connectivity index (χ1) is 6.88. The number of ketones is 2. The zero-order valence-corrected chi connectivity index (χ0v) is 9.75. The molecule has 0 saturated heterocycles. The molecule has 3 nitrogen and oxygen atoms in total. The van der Waals surface area contributed by atoms with Gasteiger partial charge in [0.05, 0.1) is 0 Å². The van der Waals surface area contributed by atoms with Gasteiger partial charge in [-0.05, 0) is 12.8 Å². The second-order valence-corrected chi connectivity index (χ2v) is 5.38. The van der Waals surface area contributed by atoms with E-state index in [1.165, 1.54) is 0 Å². The van der Waals surface area contributed by atoms with E-state index in [-0.39, 0.29) is 28.8 Å². The normalized spacial score (nSPS) is 26.7. The van der Waals surface area contributed by atoms with Crippen molar-refractivity contribution in [3.05, 3.63) is 0 Å². The van der Waals surface area contributed by atoms with Gasteiger partial charge >= 0.3 is 0 Å². The molecule has 0 aliphatic heterocycles. The standard InChI is InChI=1S/C12H20O3/c1-12(2,3)11(15)9-6-4-5-8(9)10(14)7-13/h8-9,13H,4-7H2,1-3H3/t8?,9-/m1/s1. The van der Waals surface area contributed by atoms with Gasteiger partial charge in [-0.25, -0.2) is 0 Å². The van der Waals surface area contributed by atoms with E-state index in [1.54, 1.807) is 0 Å². The van der Waals surface area contributed by atoms with Crippen LogP contribution in [0.15, 0.2) is 0 Å². The Morgan fingerprint density at radius 3 is 2.20 bits per heavy atom. The molecule has 0 amide bonds. The Hall–Kier alpha value is -0.700. The fourth-order valence-electron chi connectivity index (χ4n) is 2.33. The van der Waals surface area contributed by atoms with Crippen LogP contribution in [0, 0.1) is 17.3 Å². The van der Waals surface area contributed by atoms with Gasteiger partial charge in [-0.1, -0.05) is 27.2 Å². The average molecular weight is 212 g/mol. The number of rotatable bonds is 3. The van der Waals surface area contributed by atoms with E-state index in [4.69, 9.17) is 5.11 Å². The van der Waals surface area contributed by atoms with Gasteiger partial charge in [-0.15, -0.1) is 0 Å². The van der Waals surface area contributed by atoms with Crippen LogP contribution in [0.3, 0.4) is 0 Å². The molecule has 0 aromatic heterocycles. The van der Waals surface area contributed by atoms with E-state index < -0.39 is 6.61 Å². The monoisotopic (exact) mass is 212 g/mol. The van der Waals surface area contributed by atoms with E-state index in [0.29, 0.717) is 0 Å². The molecule has 3 heteroatoms. The van der Waals surface area contributed by atoms with Gasteiger partial charge in [0.25, 0.3) is 0 Å². The van der Waals surface area contributed by atoms with Gasteiger partial charge in [0.2, 0.25) is 0 Å². The second kappa shape index (κ2) is 4.44. The summed E-state index contributed by atoms with van der Waals surface area (Å²) in [6.45, 7) is 5.22. The van der Waals surface area contributed by atoms with Gasteiger partial charge in [0, 0.05) is 17.3 Å². The van der Waals surface area contributed by atoms with Crippen molar-refractivity contribution in [3.63, 3.8) is 0 Å². The van der Waals surface area contributed by atoms with Crippen LogP contribution in [0.5, 0.6) is 0 Å². The lowest BCUT2D eigenvalue weighted by atomic mass is 9.77. The molecule has 1 fully saturated rings. The first-order valence-electron chi connectivity index (χ1n) is 5.56. The molecule has 0 aromatic rings. The summed E-state index contributed by atoms with van der Waals surface area (Å²) in [5, 5.41) is 8.84. The molecule has 86 valence electrons. The molecule has 0 heterocycles. The number of aliphatic hydroxyl groups is 1. The van der Waals surface area contributed by atoms with Gasteiger partial charge in [0.15, 0.2) is 5.78 Å². The molecule has 1 N–H and O–H groups in total. The molecule has 0 aromatic carbocycles. The van der Waals surface area contributed by atoms with Crippen molar-refractivity contribution in [2.75, 3.05) is 6.61 Å². The lowest BCUT2D eigenvalue weighted by Gasteiger charge is -2.25. The highest BCUT2D eigenvalue weighted by Gasteiger charge is 2.40. The fraction of sp³-hybridized carbons (Fsp3) is 0.833. The molecule has 1 unspecified atom stereocenters. The van der Waals surface area contributed by atoms with E-state index >= 15 is 0 Å². The number of carbonyl (C=O) groups is 2. The Morgan fingerprint density at radius 2 is 1.73 bits per heavy atom. The summed E-state index contributed by atoms with van der Waals surface area (Å²) in [6.07, 6.45) is 2.47. The summed E-state index contributed by atoms with van der Waals surface area (Å²) < 4.78 is 0. The largest absolute Gasteiger partial charge is 0.389 e. The Morgan fingerprint density at radius 1 is 1.20 bits per heavy atom. The first kappa shape index (κ1) is 12.4. The van der Waals surface area contributed by atoms with Crippen molar-refractivity contribution < 1.29 is 14.7 Å². The maximum absolute atomic E-state index is 12.1. The van der Waals surface area contributed by atoms with Crippen molar-refractivity contribution in [1.82, 2.24) is 0 Å². The van der Waals surface area contributed by atoms with Crippen LogP contribution in [0.1, 0.15) is 40.0 Å². The highest BCUT2D eigenvalue weighted by atomic mass is 16.3. The van der Waals surface area contributed by atoms with Crippen molar-refractivity contribution >= 4 is 11.6 Å². The Balaban J connectivity index is 2.77. The molecular weight excluding hydrogens is 192 g/mol. The SMILES string of the molecule is CC(C)(C)C(=O)[C@@H]1CCCC1C(=O)CO. The molecule has 1 saturated carbocycles. The third-order valence-electron chi connectivity index (χ3n) is 3.16. The third kappa shape index (κ3) is 2.65. The number of Topliss-reactive ketones (excluding diaryl/α,β-unsaturated/α-hetero) is 2. The molecule has 0 spiro atoms. The number of carbonyl (C=O) groups excluding carboxylic acids is 2. The maximum atomic E-state index is 12.1. The predicted octanol–water partition coefficient (Wildman–Crippen LogP) is 1.58. The Labute approximate surface area is 90.9 Å². The van der Waals surface area contributed by atoms with E-state index in [1.807, 2.05) is 20.8 Å². The number of hydrogen-bond donors (Lipinski definition) is 1. The minimum absolute atomic E-state index is 0.159. The average Bonchev–Trinajstić information content (AvgIpc) is 2.62. The van der Waals surface area contributed by atoms with Crippen LogP contribution in [0.2, 0.25) is 0 Å². The summed E-state index contributed by atoms with van der Waals surface area (Å²) in [4.78, 5) is 23.5. The third-order valence-corrected chi connectivity index (χ3v) is 3.16. The van der Waals surface area contributed by atoms with Crippen LogP contribution < -0.4 is 0 Å². The smallest absolute Gasteiger partial charge is 0.161 e. The van der Waals surface area contributed by atoms with Crippen LogP contribution in [0.4, 0.5) is 0 Å².